The Morgan fingerprint density at radius 2 is 2.00 bits per heavy atom. The molecule has 1 unspecified atom stereocenters. The highest BCUT2D eigenvalue weighted by molar-refractivity contribution is 7.90. The molecule has 1 atom stereocenters. The van der Waals surface area contributed by atoms with Crippen molar-refractivity contribution in [3.63, 3.8) is 0 Å². The third-order valence-corrected chi connectivity index (χ3v) is 6.92. The average Bonchev–Trinajstić information content (AvgIpc) is 3.43. The van der Waals surface area contributed by atoms with Gasteiger partial charge in [-0.15, -0.1) is 5.10 Å². The van der Waals surface area contributed by atoms with Crippen LogP contribution in [-0.4, -0.2) is 42.4 Å². The maximum atomic E-state index is 14.6. The van der Waals surface area contributed by atoms with Gasteiger partial charge < -0.3 is 0 Å². The van der Waals surface area contributed by atoms with E-state index in [2.05, 4.69) is 30.1 Å². The smallest absolute Gasteiger partial charge is 0.214 e. The summed E-state index contributed by atoms with van der Waals surface area (Å²) in [5, 5.41) is 11.0. The molecule has 152 valence electrons. The molecule has 0 radical (unpaired) electrons. The van der Waals surface area contributed by atoms with E-state index in [1.807, 2.05) is 13.0 Å². The number of aromatic nitrogens is 2. The first-order chi connectivity index (χ1) is 13.9. The molecule has 1 aliphatic heterocycles. The summed E-state index contributed by atoms with van der Waals surface area (Å²) in [5.41, 5.74) is 2.66. The zero-order chi connectivity index (χ0) is 20.4. The molecular weight excluding hydrogens is 395 g/mol. The van der Waals surface area contributed by atoms with Crippen LogP contribution in [0.25, 0.3) is 0 Å². The van der Waals surface area contributed by atoms with Gasteiger partial charge in [0.15, 0.2) is 0 Å². The van der Waals surface area contributed by atoms with Gasteiger partial charge in [0.1, 0.15) is 18.2 Å². The van der Waals surface area contributed by atoms with Crippen LogP contribution in [0.4, 0.5) is 4.39 Å². The third kappa shape index (κ3) is 4.70. The molecule has 2 aliphatic rings. The number of benzene rings is 1. The summed E-state index contributed by atoms with van der Waals surface area (Å²) < 4.78 is 41.7. The van der Waals surface area contributed by atoms with Crippen LogP contribution < -0.4 is 4.72 Å². The van der Waals surface area contributed by atoms with Crippen molar-refractivity contribution in [2.75, 3.05) is 13.1 Å². The van der Waals surface area contributed by atoms with Crippen LogP contribution in [0.3, 0.4) is 0 Å². The molecule has 2 aromatic rings. The third-order valence-electron chi connectivity index (χ3n) is 5.01. The lowest BCUT2D eigenvalue weighted by Gasteiger charge is -2.19. The number of nitrogens with one attached hydrogen (secondary N) is 1. The lowest BCUT2D eigenvalue weighted by Crippen LogP contribution is -2.32. The molecule has 1 aliphatic carbocycles. The lowest BCUT2D eigenvalue weighted by molar-refractivity contribution is 0.542. The van der Waals surface area contributed by atoms with Crippen molar-refractivity contribution in [2.45, 2.75) is 37.4 Å². The summed E-state index contributed by atoms with van der Waals surface area (Å²) in [5.74, 6) is -0.290. The monoisotopic (exact) mass is 416 g/mol. The summed E-state index contributed by atoms with van der Waals surface area (Å²) in [6, 6.07) is 4.97. The first kappa shape index (κ1) is 19.7. The summed E-state index contributed by atoms with van der Waals surface area (Å²) in [7, 11) is -3.37. The molecule has 1 saturated carbocycles. The summed E-state index contributed by atoms with van der Waals surface area (Å²) in [6.45, 7) is 2.29. The van der Waals surface area contributed by atoms with Gasteiger partial charge in [0.05, 0.1) is 11.0 Å². The maximum Gasteiger partial charge on any atom is 0.214 e. The van der Waals surface area contributed by atoms with Crippen molar-refractivity contribution >= 4 is 15.7 Å². The van der Waals surface area contributed by atoms with E-state index >= 15 is 0 Å². The van der Waals surface area contributed by atoms with E-state index < -0.39 is 15.9 Å². The maximum absolute atomic E-state index is 14.6. The predicted molar refractivity (Wildman–Crippen MR) is 106 cm³/mol. The van der Waals surface area contributed by atoms with Crippen LogP contribution in [-0.2, 0) is 16.4 Å². The second-order valence-electron chi connectivity index (χ2n) is 7.34. The predicted octanol–water partition coefficient (Wildman–Crippen LogP) is 2.50. The van der Waals surface area contributed by atoms with Gasteiger partial charge in [-0.05, 0) is 42.2 Å². The Labute approximate surface area is 168 Å². The van der Waals surface area contributed by atoms with Crippen LogP contribution in [0.15, 0.2) is 46.0 Å². The molecule has 0 bridgehead atoms. The van der Waals surface area contributed by atoms with E-state index in [0.29, 0.717) is 42.9 Å². The van der Waals surface area contributed by atoms with Gasteiger partial charge >= 0.3 is 0 Å². The van der Waals surface area contributed by atoms with Crippen molar-refractivity contribution in [3.05, 3.63) is 58.9 Å². The summed E-state index contributed by atoms with van der Waals surface area (Å²) >= 11 is 0. The molecule has 4 rings (SSSR count). The second-order valence-corrected chi connectivity index (χ2v) is 9.39. The van der Waals surface area contributed by atoms with E-state index in [4.69, 9.17) is 0 Å². The number of hydrogen-bond donors (Lipinski definition) is 1. The van der Waals surface area contributed by atoms with E-state index in [9.17, 15) is 12.8 Å². The number of halogens is 1. The van der Waals surface area contributed by atoms with Crippen molar-refractivity contribution in [3.8, 4) is 0 Å². The van der Waals surface area contributed by atoms with E-state index in [1.54, 1.807) is 18.5 Å². The number of sulfonamides is 1. The van der Waals surface area contributed by atoms with Crippen LogP contribution in [0.5, 0.6) is 0 Å². The van der Waals surface area contributed by atoms with Gasteiger partial charge in [-0.2, -0.15) is 5.11 Å². The zero-order valence-corrected chi connectivity index (χ0v) is 16.7. The molecule has 1 aromatic carbocycles. The Bertz CT molecular complexity index is 1060. The molecule has 1 fully saturated rings. The largest absolute Gasteiger partial charge is 0.241 e. The van der Waals surface area contributed by atoms with Gasteiger partial charge in [-0.1, -0.05) is 12.1 Å². The topological polar surface area (TPSA) is 109 Å². The zero-order valence-electron chi connectivity index (χ0n) is 15.9. The Hall–Kier alpha value is -2.59. The average molecular weight is 416 g/mol. The highest BCUT2D eigenvalue weighted by atomic mass is 32.2. The first-order valence-electron chi connectivity index (χ1n) is 9.41. The molecule has 0 saturated heterocycles. The quantitative estimate of drug-likeness (QED) is 0.713. The highest BCUT2D eigenvalue weighted by Crippen LogP contribution is 2.29. The SMILES string of the molecule is Cc1ccc(C(CNS(=O)(=O)C2CC2)Cc2ncc(C3=NN=NC3)cn2)c(F)c1. The van der Waals surface area contributed by atoms with Gasteiger partial charge in [-0.3, -0.25) is 0 Å². The number of nitrogens with zero attached hydrogens (tertiary/aromatic N) is 5. The molecule has 2 heterocycles. The Morgan fingerprint density at radius 1 is 1.24 bits per heavy atom. The van der Waals surface area contributed by atoms with Crippen LogP contribution >= 0.6 is 0 Å². The molecule has 0 amide bonds. The van der Waals surface area contributed by atoms with Crippen molar-refractivity contribution in [2.24, 2.45) is 15.4 Å². The van der Waals surface area contributed by atoms with Gasteiger partial charge in [0.25, 0.3) is 0 Å². The lowest BCUT2D eigenvalue weighted by atomic mass is 9.94. The van der Waals surface area contributed by atoms with Crippen molar-refractivity contribution in [1.29, 1.82) is 0 Å². The fourth-order valence-electron chi connectivity index (χ4n) is 3.16. The number of hydrogen-bond acceptors (Lipinski definition) is 7. The molecule has 29 heavy (non-hydrogen) atoms. The molecule has 8 nitrogen and oxygen atoms in total. The minimum Gasteiger partial charge on any atom is -0.241 e. The normalized spacial score (nSPS) is 17.4. The minimum atomic E-state index is -3.37. The fourth-order valence-corrected chi connectivity index (χ4v) is 4.59. The van der Waals surface area contributed by atoms with Crippen LogP contribution in [0, 0.1) is 12.7 Å². The van der Waals surface area contributed by atoms with Crippen LogP contribution in [0.2, 0.25) is 0 Å². The second kappa shape index (κ2) is 8.03. The van der Waals surface area contributed by atoms with E-state index in [0.717, 1.165) is 11.1 Å². The molecule has 10 heteroatoms. The standard InChI is InChI=1S/C19H21FN6O2S/c1-12-2-5-16(17(20)6-12)13(10-24-29(27,28)15-3-4-15)7-19-21-8-14(9-22-19)18-11-23-26-25-18/h2,5-6,8-9,13,15,24H,3-4,7,10-11H2,1H3. The van der Waals surface area contributed by atoms with Gasteiger partial charge in [0.2, 0.25) is 10.0 Å². The highest BCUT2D eigenvalue weighted by Gasteiger charge is 2.36. The molecule has 1 aromatic heterocycles. The Balaban J connectivity index is 1.54. The van der Waals surface area contributed by atoms with Gasteiger partial charge in [0, 0.05) is 36.8 Å². The molecule has 1 N–H and O–H groups in total. The molecule has 0 spiro atoms. The van der Waals surface area contributed by atoms with Crippen molar-refractivity contribution < 1.29 is 12.8 Å². The van der Waals surface area contributed by atoms with E-state index in [-0.39, 0.29) is 17.6 Å². The molecular formula is C19H21FN6O2S. The summed E-state index contributed by atoms with van der Waals surface area (Å²) in [6.07, 6.45) is 4.91. The first-order valence-corrected chi connectivity index (χ1v) is 11.0. The minimum absolute atomic E-state index is 0.0917. The summed E-state index contributed by atoms with van der Waals surface area (Å²) in [4.78, 5) is 8.71. The Kier molecular flexibility index (Phi) is 5.46. The van der Waals surface area contributed by atoms with Gasteiger partial charge in [-0.25, -0.2) is 27.5 Å². The number of aryl methyl sites for hydroxylation is 1. The fraction of sp³-hybridized carbons (Fsp3) is 0.421. The van der Waals surface area contributed by atoms with E-state index in [1.165, 1.54) is 6.07 Å². The number of rotatable bonds is 8. The Morgan fingerprint density at radius 3 is 2.62 bits per heavy atom. The van der Waals surface area contributed by atoms with Crippen molar-refractivity contribution in [1.82, 2.24) is 14.7 Å². The van der Waals surface area contributed by atoms with Crippen LogP contribution in [0.1, 0.15) is 41.3 Å².